The molecule has 0 spiro atoms. The maximum absolute atomic E-state index is 9.41. The zero-order valence-corrected chi connectivity index (χ0v) is 3.84. The minimum Gasteiger partial charge on any atom is -0.361 e. The van der Waals surface area contributed by atoms with E-state index < -0.39 is 13.7 Å². The van der Waals surface area contributed by atoms with Crippen molar-refractivity contribution in [2.75, 3.05) is 0 Å². The largest absolute Gasteiger partial charge is 0.361 e. The Morgan fingerprint density at radius 3 is 2.00 bits per heavy atom. The van der Waals surface area contributed by atoms with Crippen molar-refractivity contribution in [2.45, 2.75) is 0 Å². The summed E-state index contributed by atoms with van der Waals surface area (Å²) in [7, 11) is -3.06. The Balaban J connectivity index is 3.57. The molecule has 0 aromatic carbocycles. The third-order valence-electron chi connectivity index (χ3n) is 0.211. The van der Waals surface area contributed by atoms with E-state index >= 15 is 0 Å². The first-order chi connectivity index (χ1) is 2.64. The molecule has 1 unspecified atom stereocenters. The highest BCUT2D eigenvalue weighted by Crippen LogP contribution is 2.09. The molecule has 0 saturated carbocycles. The second-order valence-electron chi connectivity index (χ2n) is 0.669. The van der Waals surface area contributed by atoms with Crippen LogP contribution in [0, 0.1) is 0 Å². The summed E-state index contributed by atoms with van der Waals surface area (Å²) >= 11 is 0. The summed E-state index contributed by atoms with van der Waals surface area (Å²) in [5.74, 6) is 0. The first-order valence-electron chi connectivity index (χ1n) is 1.17. The van der Waals surface area contributed by atoms with Gasteiger partial charge in [0.25, 0.3) is 13.7 Å². The fourth-order valence-corrected chi connectivity index (χ4v) is 0. The van der Waals surface area contributed by atoms with Gasteiger partial charge in [0.05, 0.1) is 0 Å². The molecule has 0 fully saturated rings. The Morgan fingerprint density at radius 1 is 1.83 bits per heavy atom. The summed E-state index contributed by atoms with van der Waals surface area (Å²) in [6.45, 7) is 0. The van der Waals surface area contributed by atoms with Crippen LogP contribution in [0.5, 0.6) is 0 Å². The average molecular weight is 109 g/mol. The Morgan fingerprint density at radius 2 is 2.00 bits per heavy atom. The van der Waals surface area contributed by atoms with Gasteiger partial charge in [0, 0.05) is 0 Å². The highest BCUT2D eigenvalue weighted by Gasteiger charge is 1.95. The van der Waals surface area contributed by atoms with E-state index in [-0.39, 0.29) is 0 Å². The van der Waals surface area contributed by atoms with Gasteiger partial charge in [-0.3, -0.25) is 9.36 Å². The van der Waals surface area contributed by atoms with Crippen LogP contribution in [0.4, 0.5) is 4.79 Å². The number of hydrogen-bond donors (Lipinski definition) is 2. The third kappa shape index (κ3) is 1.93. The van der Waals surface area contributed by atoms with Crippen molar-refractivity contribution >= 4 is 13.7 Å². The van der Waals surface area contributed by atoms with Gasteiger partial charge in [0.15, 0.2) is 0 Å². The van der Waals surface area contributed by atoms with Gasteiger partial charge in [-0.25, -0.2) is 0 Å². The van der Waals surface area contributed by atoms with Crippen molar-refractivity contribution in [1.29, 1.82) is 0 Å². The Kier molecular flexibility index (Phi) is 1.84. The molecular formula is CH4NO3P. The number of rotatable bonds is 1. The molecule has 0 aliphatic rings. The van der Waals surface area contributed by atoms with E-state index in [4.69, 9.17) is 4.89 Å². The molecule has 5 heteroatoms. The molecule has 0 aliphatic heterocycles. The molecular weight excluding hydrogens is 105 g/mol. The van der Waals surface area contributed by atoms with E-state index in [1.165, 1.54) is 0 Å². The lowest BCUT2D eigenvalue weighted by molar-refractivity contribution is 0.263. The van der Waals surface area contributed by atoms with E-state index in [2.05, 4.69) is 5.73 Å². The van der Waals surface area contributed by atoms with Crippen LogP contribution in [0.3, 0.4) is 0 Å². The number of carbonyl (C=O) groups excluding carboxylic acids is 1. The number of carbonyl (C=O) groups is 1. The Labute approximate surface area is 34.8 Å². The predicted molar refractivity (Wildman–Crippen MR) is 20.8 cm³/mol. The van der Waals surface area contributed by atoms with E-state index in [1.54, 1.807) is 0 Å². The van der Waals surface area contributed by atoms with Crippen molar-refractivity contribution in [3.63, 3.8) is 0 Å². The minimum atomic E-state index is -3.06. The maximum atomic E-state index is 9.41. The third-order valence-corrected chi connectivity index (χ3v) is 0.632. The van der Waals surface area contributed by atoms with Crippen LogP contribution >= 0.6 is 8.03 Å². The summed E-state index contributed by atoms with van der Waals surface area (Å²) < 4.78 is 9.41. The molecule has 1 atom stereocenters. The molecule has 6 heavy (non-hydrogen) atoms. The topological polar surface area (TPSA) is 80.4 Å². The Hall–Kier alpha value is -0.340. The maximum Gasteiger partial charge on any atom is 0.300 e. The molecule has 0 radical (unpaired) electrons. The Bertz CT molecular complexity index is 76.8. The van der Waals surface area contributed by atoms with Crippen LogP contribution in [-0.4, -0.2) is 10.5 Å². The summed E-state index contributed by atoms with van der Waals surface area (Å²) in [4.78, 5) is 17.1. The van der Waals surface area contributed by atoms with Gasteiger partial charge in [0.2, 0.25) is 0 Å². The van der Waals surface area contributed by atoms with Crippen molar-refractivity contribution in [2.24, 2.45) is 5.73 Å². The lowest BCUT2D eigenvalue weighted by Gasteiger charge is -1.76. The lowest BCUT2D eigenvalue weighted by Crippen LogP contribution is -2.00. The molecule has 0 bridgehead atoms. The molecule has 4 nitrogen and oxygen atoms in total. The van der Waals surface area contributed by atoms with Crippen LogP contribution in [0.15, 0.2) is 0 Å². The van der Waals surface area contributed by atoms with E-state index in [0.717, 1.165) is 0 Å². The number of amides is 1. The zero-order valence-electron chi connectivity index (χ0n) is 2.84. The van der Waals surface area contributed by atoms with Gasteiger partial charge >= 0.3 is 0 Å². The van der Waals surface area contributed by atoms with Gasteiger partial charge in [-0.2, -0.15) is 0 Å². The molecule has 36 valence electrons. The second kappa shape index (κ2) is 1.95. The summed E-state index contributed by atoms with van der Waals surface area (Å²) in [6, 6.07) is 0. The first-order valence-corrected chi connectivity index (χ1v) is 2.53. The number of primary amides is 1. The molecule has 0 saturated heterocycles. The molecule has 0 aromatic heterocycles. The summed E-state index contributed by atoms with van der Waals surface area (Å²) in [5.41, 5.74) is 3.14. The molecule has 0 aliphatic carbocycles. The van der Waals surface area contributed by atoms with Crippen LogP contribution in [0.25, 0.3) is 0 Å². The van der Waals surface area contributed by atoms with Gasteiger partial charge in [0.1, 0.15) is 0 Å². The van der Waals surface area contributed by atoms with Crippen LogP contribution < -0.4 is 5.73 Å². The van der Waals surface area contributed by atoms with Gasteiger partial charge in [-0.05, 0) is 0 Å². The predicted octanol–water partition coefficient (Wildman–Crippen LogP) is -0.468. The monoisotopic (exact) mass is 109 g/mol. The molecule has 3 N–H and O–H groups in total. The zero-order chi connectivity index (χ0) is 5.15. The van der Waals surface area contributed by atoms with E-state index in [0.29, 0.717) is 0 Å². The van der Waals surface area contributed by atoms with Crippen LogP contribution in [0.1, 0.15) is 0 Å². The molecule has 0 heterocycles. The van der Waals surface area contributed by atoms with Crippen LogP contribution in [0.2, 0.25) is 0 Å². The van der Waals surface area contributed by atoms with E-state index in [9.17, 15) is 9.36 Å². The van der Waals surface area contributed by atoms with Crippen molar-refractivity contribution in [3.05, 3.63) is 0 Å². The van der Waals surface area contributed by atoms with Gasteiger partial charge in [-0.15, -0.1) is 0 Å². The van der Waals surface area contributed by atoms with Gasteiger partial charge in [-0.1, -0.05) is 0 Å². The SMILES string of the molecule is NC(=O)[PH](=O)O. The summed E-state index contributed by atoms with van der Waals surface area (Å²) in [5, 5.41) is 0. The van der Waals surface area contributed by atoms with Crippen molar-refractivity contribution in [1.82, 2.24) is 0 Å². The fourth-order valence-electron chi connectivity index (χ4n) is 0. The molecule has 0 aromatic rings. The second-order valence-corrected chi connectivity index (χ2v) is 1.77. The average Bonchev–Trinajstić information content (AvgIpc) is 1.36. The van der Waals surface area contributed by atoms with E-state index in [1.807, 2.05) is 0 Å². The highest BCUT2D eigenvalue weighted by atomic mass is 31.1. The highest BCUT2D eigenvalue weighted by molar-refractivity contribution is 7.57. The normalized spacial score (nSPS) is 13.5. The molecule has 0 rings (SSSR count). The summed E-state index contributed by atoms with van der Waals surface area (Å²) in [6.07, 6.45) is 0. The van der Waals surface area contributed by atoms with Crippen molar-refractivity contribution in [3.8, 4) is 0 Å². The number of nitrogens with two attached hydrogens (primary N) is 1. The first kappa shape index (κ1) is 5.66. The smallest absolute Gasteiger partial charge is 0.300 e. The molecule has 1 amide bonds. The van der Waals surface area contributed by atoms with Crippen LogP contribution in [-0.2, 0) is 4.57 Å². The van der Waals surface area contributed by atoms with Gasteiger partial charge < -0.3 is 10.6 Å². The standard InChI is InChI=1S/CH4NO3P/c2-1(3)6(4)5/h6H,(H2,2,3)(H,4,5). The minimum absolute atomic E-state index is 1.14. The lowest BCUT2D eigenvalue weighted by atomic mass is 11.5. The number of hydrogen-bond acceptors (Lipinski definition) is 2. The van der Waals surface area contributed by atoms with Crippen molar-refractivity contribution < 1.29 is 14.3 Å². The fraction of sp³-hybridized carbons (Fsp3) is 0. The quantitative estimate of drug-likeness (QED) is 0.446.